The number of nitrogens with one attached hydrogen (secondary N) is 4. The molecule has 1 aliphatic carbocycles. The van der Waals surface area contributed by atoms with Gasteiger partial charge in [0.2, 0.25) is 11.9 Å². The zero-order valence-electron chi connectivity index (χ0n) is 32.1. The van der Waals surface area contributed by atoms with Crippen molar-refractivity contribution in [3.05, 3.63) is 69.7 Å². The van der Waals surface area contributed by atoms with E-state index in [1.54, 1.807) is 29.2 Å². The summed E-state index contributed by atoms with van der Waals surface area (Å²) < 4.78 is 39.3. The minimum absolute atomic E-state index is 0.0960. The summed E-state index contributed by atoms with van der Waals surface area (Å²) in [5.74, 6) is 1.90. The van der Waals surface area contributed by atoms with Crippen molar-refractivity contribution in [3.8, 4) is 11.5 Å². The van der Waals surface area contributed by atoms with E-state index in [0.29, 0.717) is 82.8 Å². The number of halogens is 3. The SMILES string of the molecule is CCNc1nc(Nc2cc(F)c(C3COCCN3C(=O)N3CCOCC3c3ccc(Nc4ncc(Cl)c(NC5CCCCC5)n4)c(OC)c3)cc2OC)ncc1Cl. The number of hydrogen-bond acceptors (Lipinski definition) is 13. The molecule has 3 fully saturated rings. The molecule has 0 bridgehead atoms. The van der Waals surface area contributed by atoms with E-state index >= 15 is 4.39 Å². The first-order valence-electron chi connectivity index (χ1n) is 19.1. The molecule has 2 aromatic heterocycles. The number of urea groups is 1. The van der Waals surface area contributed by atoms with Crippen LogP contribution in [0.3, 0.4) is 0 Å². The van der Waals surface area contributed by atoms with E-state index in [-0.39, 0.29) is 37.3 Å². The third-order valence-corrected chi connectivity index (χ3v) is 10.9. The largest absolute Gasteiger partial charge is 0.495 e. The molecular weight excluding hydrogens is 778 g/mol. The van der Waals surface area contributed by atoms with Gasteiger partial charge in [0.15, 0.2) is 5.82 Å². The number of hydrogen-bond donors (Lipinski definition) is 4. The van der Waals surface area contributed by atoms with Crippen molar-refractivity contribution < 1.29 is 28.1 Å². The van der Waals surface area contributed by atoms with Gasteiger partial charge in [-0.05, 0) is 43.5 Å². The first kappa shape index (κ1) is 40.3. The van der Waals surface area contributed by atoms with Crippen LogP contribution in [0.15, 0.2) is 42.7 Å². The minimum atomic E-state index is -0.734. The number of amides is 2. The van der Waals surface area contributed by atoms with Crippen LogP contribution < -0.4 is 30.7 Å². The molecule has 57 heavy (non-hydrogen) atoms. The van der Waals surface area contributed by atoms with Crippen LogP contribution >= 0.6 is 23.2 Å². The van der Waals surface area contributed by atoms with Crippen LogP contribution in [0.2, 0.25) is 10.0 Å². The summed E-state index contributed by atoms with van der Waals surface area (Å²) in [6.07, 6.45) is 8.79. The van der Waals surface area contributed by atoms with Gasteiger partial charge in [-0.25, -0.2) is 19.2 Å². The summed E-state index contributed by atoms with van der Waals surface area (Å²) in [5, 5.41) is 13.7. The van der Waals surface area contributed by atoms with Crippen molar-refractivity contribution in [2.45, 2.75) is 57.2 Å². The van der Waals surface area contributed by atoms with Gasteiger partial charge < -0.3 is 50.0 Å². The van der Waals surface area contributed by atoms with Gasteiger partial charge in [-0.1, -0.05) is 48.5 Å². The summed E-state index contributed by atoms with van der Waals surface area (Å²) in [6.45, 7) is 4.12. The van der Waals surface area contributed by atoms with Crippen LogP contribution in [0.4, 0.5) is 44.1 Å². The Morgan fingerprint density at radius 3 is 2.14 bits per heavy atom. The molecule has 2 aromatic carbocycles. The highest BCUT2D eigenvalue weighted by molar-refractivity contribution is 6.33. The molecule has 2 atom stereocenters. The van der Waals surface area contributed by atoms with E-state index in [9.17, 15) is 4.79 Å². The van der Waals surface area contributed by atoms with Gasteiger partial charge in [-0.2, -0.15) is 9.97 Å². The minimum Gasteiger partial charge on any atom is -0.495 e. The van der Waals surface area contributed by atoms with Gasteiger partial charge in [0.05, 0.1) is 76.5 Å². The molecule has 4 aromatic rings. The maximum Gasteiger partial charge on any atom is 0.321 e. The fraction of sp³-hybridized carbons (Fsp3) is 0.462. The van der Waals surface area contributed by atoms with Crippen LogP contribution in [0.25, 0.3) is 0 Å². The third-order valence-electron chi connectivity index (χ3n) is 10.3. The van der Waals surface area contributed by atoms with Gasteiger partial charge in [0.1, 0.15) is 33.2 Å². The van der Waals surface area contributed by atoms with Gasteiger partial charge >= 0.3 is 6.03 Å². The molecule has 3 aliphatic rings. The van der Waals surface area contributed by atoms with Crippen LogP contribution in [0, 0.1) is 5.82 Å². The van der Waals surface area contributed by atoms with Crippen LogP contribution in [0.1, 0.15) is 62.2 Å². The second-order valence-corrected chi connectivity index (χ2v) is 14.7. The van der Waals surface area contributed by atoms with E-state index in [1.807, 2.05) is 25.1 Å². The zero-order chi connectivity index (χ0) is 39.9. The Hall–Kier alpha value is -4.90. The fourth-order valence-electron chi connectivity index (χ4n) is 7.40. The zero-order valence-corrected chi connectivity index (χ0v) is 33.6. The van der Waals surface area contributed by atoms with E-state index in [2.05, 4.69) is 41.2 Å². The number of aromatic nitrogens is 4. The Kier molecular flexibility index (Phi) is 13.1. The summed E-state index contributed by atoms with van der Waals surface area (Å²) in [5.41, 5.74) is 1.99. The number of methoxy groups -OCH3 is 2. The Morgan fingerprint density at radius 2 is 1.46 bits per heavy atom. The molecule has 304 valence electrons. The highest BCUT2D eigenvalue weighted by Crippen LogP contribution is 2.39. The fourth-order valence-corrected chi connectivity index (χ4v) is 7.71. The first-order valence-corrected chi connectivity index (χ1v) is 19.9. The molecule has 15 nitrogen and oxygen atoms in total. The monoisotopic (exact) mass is 824 g/mol. The summed E-state index contributed by atoms with van der Waals surface area (Å²) in [6, 6.07) is 7.40. The number of anilines is 6. The van der Waals surface area contributed by atoms with Crippen molar-refractivity contribution in [2.24, 2.45) is 0 Å². The maximum atomic E-state index is 16.1. The molecule has 2 unspecified atom stereocenters. The van der Waals surface area contributed by atoms with Crippen molar-refractivity contribution in [3.63, 3.8) is 0 Å². The Morgan fingerprint density at radius 1 is 0.842 bits per heavy atom. The van der Waals surface area contributed by atoms with E-state index < -0.39 is 17.9 Å². The second-order valence-electron chi connectivity index (χ2n) is 13.9. The average Bonchev–Trinajstić information content (AvgIpc) is 3.24. The molecular formula is C39H47Cl2FN10O5. The molecule has 2 saturated heterocycles. The second kappa shape index (κ2) is 18.6. The summed E-state index contributed by atoms with van der Waals surface area (Å²) in [7, 11) is 3.06. The Balaban J connectivity index is 1.10. The normalized spacial score (nSPS) is 18.8. The van der Waals surface area contributed by atoms with Crippen LogP contribution in [0.5, 0.6) is 11.5 Å². The molecule has 7 rings (SSSR count). The van der Waals surface area contributed by atoms with Gasteiger partial charge in [0, 0.05) is 37.3 Å². The highest BCUT2D eigenvalue weighted by Gasteiger charge is 2.38. The standard InChI is InChI=1S/C39H47Cl2FN10O5/c1-4-43-35-26(40)19-44-38(49-35)48-30-18-28(42)25(17-34(30)55-3)32-22-57-15-13-52(32)39(53)51-12-14-56-21-31(51)23-10-11-29(33(16-23)54-2)47-37-45-20-27(41)36(50-37)46-24-8-6-5-7-9-24/h10-11,16-20,24,31-32H,4-9,12-15,21-22H2,1-3H3,(H2,43,44,48,49)(H2,45,46,47,50). The van der Waals surface area contributed by atoms with Crippen molar-refractivity contribution in [1.82, 2.24) is 29.7 Å². The number of ether oxygens (including phenoxy) is 4. The lowest BCUT2D eigenvalue weighted by Gasteiger charge is -2.43. The molecule has 2 amide bonds. The molecule has 0 spiro atoms. The number of benzene rings is 2. The lowest BCUT2D eigenvalue weighted by molar-refractivity contribution is -0.0268. The maximum absolute atomic E-state index is 16.1. The Labute approximate surface area is 341 Å². The van der Waals surface area contributed by atoms with E-state index in [1.165, 1.54) is 38.6 Å². The Bertz CT molecular complexity index is 2040. The average molecular weight is 826 g/mol. The number of carbonyl (C=O) groups is 1. The van der Waals surface area contributed by atoms with E-state index in [0.717, 1.165) is 18.4 Å². The van der Waals surface area contributed by atoms with Crippen molar-refractivity contribution in [1.29, 1.82) is 0 Å². The topological polar surface area (TPSA) is 160 Å². The van der Waals surface area contributed by atoms with Gasteiger partial charge in [-0.15, -0.1) is 0 Å². The number of rotatable bonds is 12. The summed E-state index contributed by atoms with van der Waals surface area (Å²) >= 11 is 12.7. The van der Waals surface area contributed by atoms with Crippen molar-refractivity contribution in [2.75, 3.05) is 81.5 Å². The molecule has 1 saturated carbocycles. The lowest BCUT2D eigenvalue weighted by Crippen LogP contribution is -2.53. The molecule has 0 radical (unpaired) electrons. The predicted molar refractivity (Wildman–Crippen MR) is 217 cm³/mol. The first-order chi connectivity index (χ1) is 27.8. The number of nitrogens with zero attached hydrogens (tertiary/aromatic N) is 6. The van der Waals surface area contributed by atoms with E-state index in [4.69, 9.17) is 42.1 Å². The predicted octanol–water partition coefficient (Wildman–Crippen LogP) is 7.96. The van der Waals surface area contributed by atoms with Crippen LogP contribution in [-0.2, 0) is 9.47 Å². The molecule has 4 heterocycles. The van der Waals surface area contributed by atoms with Crippen molar-refractivity contribution >= 4 is 64.1 Å². The number of morpholine rings is 2. The lowest BCUT2D eigenvalue weighted by atomic mass is 9.95. The van der Waals surface area contributed by atoms with Crippen LogP contribution in [-0.4, -0.2) is 102 Å². The van der Waals surface area contributed by atoms with Gasteiger partial charge in [0.25, 0.3) is 0 Å². The summed E-state index contributed by atoms with van der Waals surface area (Å²) in [4.78, 5) is 35.6. The van der Waals surface area contributed by atoms with Gasteiger partial charge in [-0.3, -0.25) is 0 Å². The molecule has 18 heteroatoms. The smallest absolute Gasteiger partial charge is 0.321 e. The highest BCUT2D eigenvalue weighted by atomic mass is 35.5. The molecule has 4 N–H and O–H groups in total. The quantitative estimate of drug-likeness (QED) is 0.109. The number of carbonyl (C=O) groups excluding carboxylic acids is 1. The molecule has 2 aliphatic heterocycles. The third kappa shape index (κ3) is 9.30.